The van der Waals surface area contributed by atoms with Crippen LogP contribution in [0.4, 0.5) is 0 Å². The van der Waals surface area contributed by atoms with E-state index in [0.29, 0.717) is 5.57 Å². The van der Waals surface area contributed by atoms with Gasteiger partial charge in [-0.1, -0.05) is 30.4 Å². The van der Waals surface area contributed by atoms with E-state index in [1.165, 1.54) is 0 Å². The van der Waals surface area contributed by atoms with Crippen LogP contribution in [-0.2, 0) is 4.74 Å². The largest absolute Gasteiger partial charge is 0.478 e. The topological polar surface area (TPSA) is 95.0 Å². The van der Waals surface area contributed by atoms with Crippen LogP contribution in [0.2, 0.25) is 0 Å². The van der Waals surface area contributed by atoms with Crippen LogP contribution in [-0.4, -0.2) is 23.3 Å². The van der Waals surface area contributed by atoms with Crippen LogP contribution in [0.5, 0.6) is 0 Å². The van der Waals surface area contributed by atoms with Crippen molar-refractivity contribution in [2.75, 3.05) is 0 Å². The molecular weight excluding hydrogens is 354 g/mol. The van der Waals surface area contributed by atoms with E-state index in [1.54, 1.807) is 30.3 Å². The molecule has 2 aromatic carbocycles. The summed E-state index contributed by atoms with van der Waals surface area (Å²) in [4.78, 5) is 20.0. The molecule has 0 aromatic heterocycles. The van der Waals surface area contributed by atoms with Gasteiger partial charge in [0, 0.05) is 0 Å². The van der Waals surface area contributed by atoms with Gasteiger partial charge in [0.15, 0.2) is 6.17 Å². The number of benzene rings is 2. The minimum Gasteiger partial charge on any atom is -0.478 e. The van der Waals surface area contributed by atoms with Gasteiger partial charge in [-0.05, 0) is 48.4 Å². The summed E-state index contributed by atoms with van der Waals surface area (Å²) in [7, 11) is 0. The highest BCUT2D eigenvalue weighted by Crippen LogP contribution is 2.28. The first-order chi connectivity index (χ1) is 13.5. The Kier molecular flexibility index (Phi) is 4.60. The second kappa shape index (κ2) is 7.22. The summed E-state index contributed by atoms with van der Waals surface area (Å²) in [5.74, 6) is -0.964. The molecule has 6 heteroatoms. The van der Waals surface area contributed by atoms with Gasteiger partial charge in [0.1, 0.15) is 6.10 Å². The number of hydrogen-bond donors (Lipinski definition) is 1. The number of carboxylic acid groups (broad SMARTS) is 1. The molecule has 0 saturated heterocycles. The average molecular weight is 371 g/mol. The van der Waals surface area contributed by atoms with Crippen molar-refractivity contribution in [3.05, 3.63) is 93.7 Å². The number of ether oxygens (including phenoxy) is 1. The number of carboxylic acids is 1. The predicted octanol–water partition coefficient (Wildman–Crippen LogP) is 2.42. The summed E-state index contributed by atoms with van der Waals surface area (Å²) >= 11 is 0. The lowest BCUT2D eigenvalue weighted by molar-refractivity contribution is 0.0696. The summed E-state index contributed by atoms with van der Waals surface area (Å²) in [5.41, 5.74) is 2.62. The molecule has 28 heavy (non-hydrogen) atoms. The zero-order valence-corrected chi connectivity index (χ0v) is 15.1. The third kappa shape index (κ3) is 3.48. The van der Waals surface area contributed by atoms with Crippen molar-refractivity contribution >= 4 is 5.97 Å². The normalized spacial score (nSPS) is 22.9. The summed E-state index contributed by atoms with van der Waals surface area (Å²) in [6.45, 7) is 1.99. The molecule has 0 unspecified atom stereocenters. The van der Waals surface area contributed by atoms with E-state index in [4.69, 9.17) is 9.84 Å². The highest BCUT2D eigenvalue weighted by Gasteiger charge is 2.23. The lowest BCUT2D eigenvalue weighted by Gasteiger charge is -2.13. The molecule has 0 spiro atoms. The van der Waals surface area contributed by atoms with Gasteiger partial charge >= 0.3 is 5.97 Å². The quantitative estimate of drug-likeness (QED) is 0.659. The number of aryl methyl sites for hydroxylation is 1. The third-order valence-electron chi connectivity index (χ3n) is 4.67. The number of fused-ring (bicyclic) bond motifs is 1. The van der Waals surface area contributed by atoms with Gasteiger partial charge in [0.25, 0.3) is 0 Å². The zero-order valence-electron chi connectivity index (χ0n) is 15.1. The van der Waals surface area contributed by atoms with Crippen molar-refractivity contribution in [1.82, 2.24) is 0 Å². The first-order valence-corrected chi connectivity index (χ1v) is 8.85. The number of nitrogens with zero attached hydrogens (tertiary/aromatic N) is 3. The van der Waals surface area contributed by atoms with Crippen molar-refractivity contribution in [2.24, 2.45) is 9.98 Å². The Bertz CT molecular complexity index is 1160. The van der Waals surface area contributed by atoms with Crippen molar-refractivity contribution in [3.63, 3.8) is 0 Å². The summed E-state index contributed by atoms with van der Waals surface area (Å²) < 4.78 is 5.97. The molecular formula is C22H17N3O3. The van der Waals surface area contributed by atoms with Gasteiger partial charge in [0.2, 0.25) is 0 Å². The molecule has 2 aliphatic heterocycles. The monoisotopic (exact) mass is 371 g/mol. The molecule has 1 N–H and O–H groups in total. The molecule has 0 radical (unpaired) electrons. The lowest BCUT2D eigenvalue weighted by Crippen LogP contribution is -2.20. The highest BCUT2D eigenvalue weighted by atomic mass is 16.5. The highest BCUT2D eigenvalue weighted by molar-refractivity contribution is 5.87. The van der Waals surface area contributed by atoms with Gasteiger partial charge in [-0.3, -0.25) is 9.98 Å². The summed E-state index contributed by atoms with van der Waals surface area (Å²) in [5, 5.41) is 20.1. The molecule has 0 saturated carbocycles. The Hall–Kier alpha value is -3.56. The van der Waals surface area contributed by atoms with Gasteiger partial charge in [-0.25, -0.2) is 4.79 Å². The van der Waals surface area contributed by atoms with Crippen LogP contribution in [0.15, 0.2) is 76.3 Å². The Morgan fingerprint density at radius 1 is 1.14 bits per heavy atom. The van der Waals surface area contributed by atoms with E-state index in [2.05, 4.69) is 16.1 Å². The van der Waals surface area contributed by atoms with Crippen LogP contribution in [0.3, 0.4) is 0 Å². The van der Waals surface area contributed by atoms with E-state index >= 15 is 0 Å². The molecule has 2 aliphatic rings. The van der Waals surface area contributed by atoms with Crippen molar-refractivity contribution in [3.8, 4) is 6.07 Å². The van der Waals surface area contributed by atoms with E-state index in [1.807, 2.05) is 37.3 Å². The van der Waals surface area contributed by atoms with Crippen LogP contribution in [0.25, 0.3) is 0 Å². The molecule has 6 nitrogen and oxygen atoms in total. The Balaban J connectivity index is 1.51. The van der Waals surface area contributed by atoms with Crippen molar-refractivity contribution in [1.29, 1.82) is 5.26 Å². The molecule has 0 fully saturated rings. The molecule has 2 aromatic rings. The van der Waals surface area contributed by atoms with Gasteiger partial charge in [0.05, 0.1) is 34.0 Å². The SMILES string of the molecule is Cc1ccc2c(c1)=N[C@H](/C(C#N)=C/[C@@H]1C=C[C@@H](c3ccc(C(=O)O)cc3)O1)N=2. The van der Waals surface area contributed by atoms with E-state index in [0.717, 1.165) is 21.8 Å². The lowest BCUT2D eigenvalue weighted by atomic mass is 10.1. The second-order valence-electron chi connectivity index (χ2n) is 6.69. The fourth-order valence-corrected chi connectivity index (χ4v) is 3.21. The van der Waals surface area contributed by atoms with E-state index < -0.39 is 12.1 Å². The fraction of sp³-hybridized carbons (Fsp3) is 0.182. The number of rotatable bonds is 4. The molecule has 0 amide bonds. The number of nitriles is 1. The maximum absolute atomic E-state index is 11.0. The van der Waals surface area contributed by atoms with E-state index in [9.17, 15) is 10.1 Å². The maximum Gasteiger partial charge on any atom is 0.335 e. The number of carbonyl (C=O) groups is 1. The number of aromatic carboxylic acids is 1. The smallest absolute Gasteiger partial charge is 0.335 e. The Labute approximate surface area is 161 Å². The van der Waals surface area contributed by atoms with Gasteiger partial charge in [-0.15, -0.1) is 0 Å². The minimum atomic E-state index is -0.964. The standard InChI is InChI=1S/C22H17N3O3/c1-13-2-8-18-19(10-13)25-21(24-18)16(12-23)11-17-7-9-20(28-17)14-3-5-15(6-4-14)22(26)27/h2-11,17,20-21H,1H3,(H,26,27)/b16-11+/t17-,20-,21+/m0/s1. The van der Waals surface area contributed by atoms with Gasteiger partial charge < -0.3 is 9.84 Å². The van der Waals surface area contributed by atoms with Gasteiger partial charge in [-0.2, -0.15) is 5.26 Å². The van der Waals surface area contributed by atoms with Crippen molar-refractivity contribution < 1.29 is 14.6 Å². The maximum atomic E-state index is 11.0. The van der Waals surface area contributed by atoms with Crippen LogP contribution in [0, 0.1) is 18.3 Å². The first-order valence-electron chi connectivity index (χ1n) is 8.85. The summed E-state index contributed by atoms with van der Waals surface area (Å²) in [6, 6.07) is 14.6. The molecule has 4 rings (SSSR count). The third-order valence-corrected chi connectivity index (χ3v) is 4.67. The average Bonchev–Trinajstić information content (AvgIpc) is 3.32. The first kappa shape index (κ1) is 17.8. The number of hydrogen-bond acceptors (Lipinski definition) is 5. The molecule has 0 bridgehead atoms. The second-order valence-corrected chi connectivity index (χ2v) is 6.69. The minimum absolute atomic E-state index is 0.230. The molecule has 0 aliphatic carbocycles. The fourth-order valence-electron chi connectivity index (χ4n) is 3.21. The Morgan fingerprint density at radius 3 is 2.61 bits per heavy atom. The Morgan fingerprint density at radius 2 is 1.89 bits per heavy atom. The van der Waals surface area contributed by atoms with Crippen LogP contribution < -0.4 is 10.7 Å². The molecule has 138 valence electrons. The predicted molar refractivity (Wildman–Crippen MR) is 101 cm³/mol. The summed E-state index contributed by atoms with van der Waals surface area (Å²) in [6.07, 6.45) is 4.30. The van der Waals surface area contributed by atoms with Crippen LogP contribution >= 0.6 is 0 Å². The van der Waals surface area contributed by atoms with Crippen LogP contribution in [0.1, 0.15) is 27.6 Å². The zero-order chi connectivity index (χ0) is 19.7. The molecule has 2 heterocycles. The van der Waals surface area contributed by atoms with Crippen molar-refractivity contribution in [2.45, 2.75) is 25.3 Å². The van der Waals surface area contributed by atoms with E-state index in [-0.39, 0.29) is 17.8 Å². The molecule has 3 atom stereocenters.